The minimum atomic E-state index is -1.55. The summed E-state index contributed by atoms with van der Waals surface area (Å²) in [6.45, 7) is 22.1. The van der Waals surface area contributed by atoms with Gasteiger partial charge in [-0.05, 0) is 86.9 Å². The number of hydrogen-bond donors (Lipinski definition) is 9. The van der Waals surface area contributed by atoms with E-state index in [0.717, 1.165) is 0 Å². The molecule has 0 bridgehead atoms. The van der Waals surface area contributed by atoms with Gasteiger partial charge in [0.2, 0.25) is 41.4 Å². The highest BCUT2D eigenvalue weighted by Gasteiger charge is 2.40. The fourth-order valence-electron chi connectivity index (χ4n) is 7.44. The minimum absolute atomic E-state index is 0.0215. The second kappa shape index (κ2) is 27.0. The summed E-state index contributed by atoms with van der Waals surface area (Å²) in [5.41, 5.74) is 6.11. The number of carboxylic acid groups (broad SMARTS) is 1. The maximum Gasteiger partial charge on any atom is 0.328 e. The number of aliphatic carboxylic acids is 1. The standard InChI is InChI=1S/C44H80N8O10/c1-23(2)16-29(45)37(54)46-30(17-24(3)4)38(55)47-31(18-25(5)6)39(56)48-32(19-26(7)8)40(57)49-33(20-27(9)10)41(58)50-34(21-28(11)12)43(60)52-15-13-14-36(52)42(59)51-35(22-53)44(61)62/h23-36,53H,13-22,45H2,1-12H3,(H,46,54)(H,47,55)(H,48,56)(H,49,57)(H,50,58)(H,51,59)(H,61,62). The SMILES string of the molecule is CC(C)CC(N)C(=O)NC(CC(C)C)C(=O)NC(CC(C)C)C(=O)NC(CC(C)C)C(=O)NC(CC(C)C)C(=O)NC(CC(C)C)C(=O)N1CCCC1C(=O)NC(CO)C(=O)O. The molecule has 0 aliphatic carbocycles. The quantitative estimate of drug-likeness (QED) is 0.0571. The number of nitrogens with two attached hydrogens (primary N) is 1. The number of rotatable bonds is 27. The summed E-state index contributed by atoms with van der Waals surface area (Å²) in [7, 11) is 0. The molecule has 62 heavy (non-hydrogen) atoms. The number of amides is 7. The summed E-state index contributed by atoms with van der Waals surface area (Å²) < 4.78 is 0. The van der Waals surface area contributed by atoms with Crippen molar-refractivity contribution in [1.82, 2.24) is 36.8 Å². The Morgan fingerprint density at radius 2 is 0.823 bits per heavy atom. The lowest BCUT2D eigenvalue weighted by Crippen LogP contribution is -2.60. The molecule has 18 heteroatoms. The summed E-state index contributed by atoms with van der Waals surface area (Å²) in [4.78, 5) is 109. The third kappa shape index (κ3) is 19.8. The summed E-state index contributed by atoms with van der Waals surface area (Å²) in [5.74, 6) is -5.68. The summed E-state index contributed by atoms with van der Waals surface area (Å²) in [6.07, 6.45) is 2.26. The number of hydrogen-bond acceptors (Lipinski definition) is 10. The van der Waals surface area contributed by atoms with Crippen LogP contribution in [0.15, 0.2) is 0 Å². The molecule has 356 valence electrons. The van der Waals surface area contributed by atoms with Gasteiger partial charge in [-0.1, -0.05) is 83.1 Å². The monoisotopic (exact) mass is 881 g/mol. The highest BCUT2D eigenvalue weighted by Crippen LogP contribution is 2.21. The Morgan fingerprint density at radius 1 is 0.500 bits per heavy atom. The van der Waals surface area contributed by atoms with Gasteiger partial charge in [0, 0.05) is 6.54 Å². The van der Waals surface area contributed by atoms with Crippen LogP contribution in [0, 0.1) is 35.5 Å². The van der Waals surface area contributed by atoms with Crippen LogP contribution < -0.4 is 37.6 Å². The number of aliphatic hydroxyl groups is 1. The largest absolute Gasteiger partial charge is 0.480 e. The lowest BCUT2D eigenvalue weighted by molar-refractivity contribution is -0.146. The molecule has 0 aromatic carbocycles. The van der Waals surface area contributed by atoms with Crippen molar-refractivity contribution >= 4 is 47.3 Å². The fraction of sp³-hybridized carbons (Fsp3) is 0.818. The van der Waals surface area contributed by atoms with Gasteiger partial charge < -0.3 is 52.7 Å². The fourth-order valence-corrected chi connectivity index (χ4v) is 7.44. The van der Waals surface area contributed by atoms with Gasteiger partial charge in [-0.3, -0.25) is 33.6 Å². The molecule has 1 heterocycles. The first kappa shape index (κ1) is 55.7. The minimum Gasteiger partial charge on any atom is -0.480 e. The number of carbonyl (C=O) groups excluding carboxylic acids is 7. The predicted molar refractivity (Wildman–Crippen MR) is 236 cm³/mol. The number of nitrogens with zero attached hydrogens (tertiary/aromatic N) is 1. The summed E-state index contributed by atoms with van der Waals surface area (Å²) >= 11 is 0. The van der Waals surface area contributed by atoms with E-state index >= 15 is 0 Å². The smallest absolute Gasteiger partial charge is 0.328 e. The first-order chi connectivity index (χ1) is 28.8. The van der Waals surface area contributed by atoms with E-state index in [9.17, 15) is 48.6 Å². The molecule has 0 spiro atoms. The van der Waals surface area contributed by atoms with Crippen molar-refractivity contribution < 1.29 is 48.6 Å². The summed E-state index contributed by atoms with van der Waals surface area (Å²) in [5, 5.41) is 35.1. The van der Waals surface area contributed by atoms with Crippen molar-refractivity contribution in [2.24, 2.45) is 41.2 Å². The zero-order valence-corrected chi connectivity index (χ0v) is 39.3. The van der Waals surface area contributed by atoms with Crippen LogP contribution in [-0.2, 0) is 38.4 Å². The van der Waals surface area contributed by atoms with Crippen molar-refractivity contribution in [2.75, 3.05) is 13.2 Å². The molecule has 7 amide bonds. The highest BCUT2D eigenvalue weighted by atomic mass is 16.4. The molecule has 18 nitrogen and oxygen atoms in total. The molecule has 1 rings (SSSR count). The Kier molecular flexibility index (Phi) is 24.3. The predicted octanol–water partition coefficient (Wildman–Crippen LogP) is 1.57. The Labute approximate surface area is 369 Å². The van der Waals surface area contributed by atoms with Crippen molar-refractivity contribution in [1.29, 1.82) is 0 Å². The van der Waals surface area contributed by atoms with E-state index in [1.165, 1.54) is 4.90 Å². The molecule has 1 aliphatic heterocycles. The van der Waals surface area contributed by atoms with Crippen LogP contribution in [0.1, 0.15) is 134 Å². The molecule has 0 aromatic rings. The van der Waals surface area contributed by atoms with E-state index in [0.29, 0.717) is 19.3 Å². The van der Waals surface area contributed by atoms with Crippen LogP contribution in [0.5, 0.6) is 0 Å². The molecule has 1 saturated heterocycles. The average Bonchev–Trinajstić information content (AvgIpc) is 3.64. The number of carboxylic acids is 1. The van der Waals surface area contributed by atoms with E-state index in [2.05, 4.69) is 31.9 Å². The van der Waals surface area contributed by atoms with Crippen molar-refractivity contribution in [2.45, 2.75) is 183 Å². The first-order valence-electron chi connectivity index (χ1n) is 22.5. The van der Waals surface area contributed by atoms with Crippen LogP contribution in [0.2, 0.25) is 0 Å². The number of carbonyl (C=O) groups is 8. The van der Waals surface area contributed by atoms with E-state index < -0.39 is 102 Å². The van der Waals surface area contributed by atoms with Crippen LogP contribution >= 0.6 is 0 Å². The number of aliphatic hydroxyl groups excluding tert-OH is 1. The maximum absolute atomic E-state index is 14.1. The molecule has 0 aromatic heterocycles. The lowest BCUT2D eigenvalue weighted by Gasteiger charge is -2.31. The third-order valence-electron chi connectivity index (χ3n) is 10.4. The maximum atomic E-state index is 14.1. The highest BCUT2D eigenvalue weighted by molar-refractivity contribution is 5.97. The molecule has 1 fully saturated rings. The molecule has 10 N–H and O–H groups in total. The van der Waals surface area contributed by atoms with Crippen LogP contribution in [0.25, 0.3) is 0 Å². The van der Waals surface area contributed by atoms with Gasteiger partial charge in [0.1, 0.15) is 42.3 Å². The van der Waals surface area contributed by atoms with E-state index in [-0.39, 0.29) is 74.2 Å². The Morgan fingerprint density at radius 3 is 1.15 bits per heavy atom. The van der Waals surface area contributed by atoms with Crippen LogP contribution in [-0.4, -0.2) is 124 Å². The Balaban J connectivity index is 3.36. The molecule has 8 unspecified atom stereocenters. The lowest BCUT2D eigenvalue weighted by atomic mass is 9.97. The van der Waals surface area contributed by atoms with Gasteiger partial charge in [0.25, 0.3) is 0 Å². The van der Waals surface area contributed by atoms with E-state index in [1.54, 1.807) is 0 Å². The number of likely N-dealkylation sites (tertiary alicyclic amines) is 1. The second-order valence-corrected chi connectivity index (χ2v) is 19.5. The van der Waals surface area contributed by atoms with Gasteiger partial charge in [-0.15, -0.1) is 0 Å². The van der Waals surface area contributed by atoms with E-state index in [4.69, 9.17) is 5.73 Å². The average molecular weight is 881 g/mol. The van der Waals surface area contributed by atoms with E-state index in [1.807, 2.05) is 83.1 Å². The van der Waals surface area contributed by atoms with Gasteiger partial charge in [-0.25, -0.2) is 4.79 Å². The zero-order chi connectivity index (χ0) is 47.6. The van der Waals surface area contributed by atoms with Gasteiger partial charge >= 0.3 is 5.97 Å². The zero-order valence-electron chi connectivity index (χ0n) is 39.3. The Bertz CT molecular complexity index is 1500. The second-order valence-electron chi connectivity index (χ2n) is 19.5. The van der Waals surface area contributed by atoms with Gasteiger partial charge in [-0.2, -0.15) is 0 Å². The van der Waals surface area contributed by atoms with Crippen molar-refractivity contribution in [3.63, 3.8) is 0 Å². The van der Waals surface area contributed by atoms with Crippen LogP contribution in [0.3, 0.4) is 0 Å². The number of nitrogens with one attached hydrogen (secondary N) is 6. The first-order valence-corrected chi connectivity index (χ1v) is 22.5. The topological polar surface area (TPSA) is 278 Å². The van der Waals surface area contributed by atoms with Gasteiger partial charge in [0.05, 0.1) is 12.6 Å². The molecule has 0 radical (unpaired) electrons. The summed E-state index contributed by atoms with van der Waals surface area (Å²) in [6, 6.07) is -8.70. The molecule has 1 aliphatic rings. The van der Waals surface area contributed by atoms with Crippen LogP contribution in [0.4, 0.5) is 0 Å². The molecular weight excluding hydrogens is 801 g/mol. The van der Waals surface area contributed by atoms with Crippen molar-refractivity contribution in [3.8, 4) is 0 Å². The van der Waals surface area contributed by atoms with Gasteiger partial charge in [0.15, 0.2) is 0 Å². The molecule has 8 atom stereocenters. The third-order valence-corrected chi connectivity index (χ3v) is 10.4. The molecule has 0 saturated carbocycles. The van der Waals surface area contributed by atoms with Crippen molar-refractivity contribution in [3.05, 3.63) is 0 Å². The Hall–Kier alpha value is -4.32. The molecular formula is C44H80N8O10. The normalized spacial score (nSPS) is 17.6.